The Labute approximate surface area is 120 Å². The maximum atomic E-state index is 12.1. The van der Waals surface area contributed by atoms with Gasteiger partial charge in [-0.15, -0.1) is 11.3 Å². The third kappa shape index (κ3) is 5.92. The highest BCUT2D eigenvalue weighted by Crippen LogP contribution is 2.23. The third-order valence-electron chi connectivity index (χ3n) is 2.77. The van der Waals surface area contributed by atoms with Crippen LogP contribution >= 0.6 is 11.3 Å². The number of hydrogen-bond donors (Lipinski definition) is 2. The zero-order chi connectivity index (χ0) is 15.2. The number of rotatable bonds is 7. The second-order valence-electron chi connectivity index (χ2n) is 4.58. The molecule has 0 aliphatic heterocycles. The maximum Gasteiger partial charge on any atom is 0.405 e. The standard InChI is InChI=1S/C13H19F3N2OS/c1-3-5-10(11-6-4-7-20-11)18-9(2)12(19)17-8-13(14,15)16/h4,6-7,9-10,18H,3,5,8H2,1-2H3,(H,17,19). The average molecular weight is 308 g/mol. The van der Waals surface area contributed by atoms with Gasteiger partial charge in [-0.2, -0.15) is 13.2 Å². The minimum absolute atomic E-state index is 0.00774. The molecule has 0 radical (unpaired) electrons. The quantitative estimate of drug-likeness (QED) is 0.812. The van der Waals surface area contributed by atoms with Crippen LogP contribution in [0.5, 0.6) is 0 Å². The van der Waals surface area contributed by atoms with E-state index >= 15 is 0 Å². The van der Waals surface area contributed by atoms with E-state index in [4.69, 9.17) is 0 Å². The SMILES string of the molecule is CCCC(NC(C)C(=O)NCC(F)(F)F)c1cccs1. The molecule has 1 aromatic heterocycles. The Morgan fingerprint density at radius 3 is 2.65 bits per heavy atom. The molecule has 2 N–H and O–H groups in total. The normalized spacial score (nSPS) is 14.8. The molecule has 114 valence electrons. The van der Waals surface area contributed by atoms with Crippen LogP contribution in [0.4, 0.5) is 13.2 Å². The van der Waals surface area contributed by atoms with E-state index in [1.165, 1.54) is 0 Å². The topological polar surface area (TPSA) is 41.1 Å². The van der Waals surface area contributed by atoms with Gasteiger partial charge in [-0.25, -0.2) is 0 Å². The van der Waals surface area contributed by atoms with Crippen molar-refractivity contribution in [3.63, 3.8) is 0 Å². The van der Waals surface area contributed by atoms with E-state index in [2.05, 4.69) is 5.32 Å². The fourth-order valence-electron chi connectivity index (χ4n) is 1.80. The molecule has 0 fully saturated rings. The van der Waals surface area contributed by atoms with Crippen molar-refractivity contribution in [3.05, 3.63) is 22.4 Å². The summed E-state index contributed by atoms with van der Waals surface area (Å²) in [4.78, 5) is 12.7. The van der Waals surface area contributed by atoms with Gasteiger partial charge in [-0.1, -0.05) is 19.4 Å². The zero-order valence-electron chi connectivity index (χ0n) is 11.5. The first-order valence-electron chi connectivity index (χ1n) is 6.47. The molecule has 0 aliphatic rings. The second kappa shape index (κ2) is 7.64. The van der Waals surface area contributed by atoms with Crippen LogP contribution in [0.25, 0.3) is 0 Å². The van der Waals surface area contributed by atoms with Gasteiger partial charge >= 0.3 is 6.18 Å². The highest BCUT2D eigenvalue weighted by molar-refractivity contribution is 7.10. The van der Waals surface area contributed by atoms with Crippen molar-refractivity contribution in [1.82, 2.24) is 10.6 Å². The van der Waals surface area contributed by atoms with Gasteiger partial charge in [0.05, 0.1) is 6.04 Å². The predicted octanol–water partition coefficient (Wildman–Crippen LogP) is 3.25. The van der Waals surface area contributed by atoms with Gasteiger partial charge in [-0.05, 0) is 24.8 Å². The lowest BCUT2D eigenvalue weighted by molar-refractivity contribution is -0.139. The van der Waals surface area contributed by atoms with Crippen molar-refractivity contribution in [2.24, 2.45) is 0 Å². The Kier molecular flexibility index (Phi) is 6.48. The molecule has 0 saturated carbocycles. The molecule has 1 rings (SSSR count). The molecule has 1 heterocycles. The lowest BCUT2D eigenvalue weighted by Crippen LogP contribution is -2.46. The fraction of sp³-hybridized carbons (Fsp3) is 0.615. The van der Waals surface area contributed by atoms with E-state index < -0.39 is 24.7 Å². The molecule has 0 bridgehead atoms. The monoisotopic (exact) mass is 308 g/mol. The minimum Gasteiger partial charge on any atom is -0.346 e. The van der Waals surface area contributed by atoms with Gasteiger partial charge in [0.2, 0.25) is 5.91 Å². The first-order valence-corrected chi connectivity index (χ1v) is 7.35. The number of hydrogen-bond acceptors (Lipinski definition) is 3. The van der Waals surface area contributed by atoms with Crippen LogP contribution in [-0.2, 0) is 4.79 Å². The van der Waals surface area contributed by atoms with Crippen molar-refractivity contribution in [2.45, 2.75) is 44.9 Å². The molecule has 1 amide bonds. The highest BCUT2D eigenvalue weighted by Gasteiger charge is 2.29. The molecule has 0 aromatic carbocycles. The Hall–Kier alpha value is -1.08. The van der Waals surface area contributed by atoms with Crippen molar-refractivity contribution in [1.29, 1.82) is 0 Å². The molecule has 2 unspecified atom stereocenters. The number of carbonyl (C=O) groups is 1. The molecule has 0 spiro atoms. The van der Waals surface area contributed by atoms with Gasteiger partial charge < -0.3 is 5.32 Å². The largest absolute Gasteiger partial charge is 0.405 e. The molecule has 20 heavy (non-hydrogen) atoms. The maximum absolute atomic E-state index is 12.1. The van der Waals surface area contributed by atoms with E-state index in [0.29, 0.717) is 0 Å². The molecule has 3 nitrogen and oxygen atoms in total. The van der Waals surface area contributed by atoms with Crippen LogP contribution in [-0.4, -0.2) is 24.7 Å². The van der Waals surface area contributed by atoms with Gasteiger partial charge in [-0.3, -0.25) is 10.1 Å². The van der Waals surface area contributed by atoms with Gasteiger partial charge in [0.15, 0.2) is 0 Å². The number of thiophene rings is 1. The molecular formula is C13H19F3N2OS. The summed E-state index contributed by atoms with van der Waals surface area (Å²) in [7, 11) is 0. The number of amides is 1. The fourth-order valence-corrected chi connectivity index (χ4v) is 2.63. The number of carbonyl (C=O) groups excluding carboxylic acids is 1. The number of alkyl halides is 3. The summed E-state index contributed by atoms with van der Waals surface area (Å²) in [6, 6.07) is 3.19. The Bertz CT molecular complexity index is 406. The minimum atomic E-state index is -4.38. The Morgan fingerprint density at radius 2 is 2.15 bits per heavy atom. The van der Waals surface area contributed by atoms with E-state index in [0.717, 1.165) is 17.7 Å². The van der Waals surface area contributed by atoms with E-state index in [1.807, 2.05) is 29.8 Å². The van der Waals surface area contributed by atoms with Crippen LogP contribution in [0.3, 0.4) is 0 Å². The van der Waals surface area contributed by atoms with Crippen LogP contribution < -0.4 is 10.6 Å². The molecule has 0 saturated heterocycles. The smallest absolute Gasteiger partial charge is 0.346 e. The summed E-state index contributed by atoms with van der Waals surface area (Å²) in [5.41, 5.74) is 0. The predicted molar refractivity (Wildman–Crippen MR) is 73.6 cm³/mol. The lowest BCUT2D eigenvalue weighted by Gasteiger charge is -2.22. The molecular weight excluding hydrogens is 289 g/mol. The van der Waals surface area contributed by atoms with Crippen molar-refractivity contribution >= 4 is 17.2 Å². The summed E-state index contributed by atoms with van der Waals surface area (Å²) in [6.07, 6.45) is -2.63. The van der Waals surface area contributed by atoms with Crippen molar-refractivity contribution in [2.75, 3.05) is 6.54 Å². The zero-order valence-corrected chi connectivity index (χ0v) is 12.3. The Morgan fingerprint density at radius 1 is 1.45 bits per heavy atom. The molecule has 1 aromatic rings. The third-order valence-corrected chi connectivity index (χ3v) is 3.76. The number of nitrogens with one attached hydrogen (secondary N) is 2. The molecule has 2 atom stereocenters. The van der Waals surface area contributed by atoms with Gasteiger partial charge in [0, 0.05) is 10.9 Å². The average Bonchev–Trinajstić information content (AvgIpc) is 2.88. The summed E-state index contributed by atoms with van der Waals surface area (Å²) in [6.45, 7) is 2.30. The van der Waals surface area contributed by atoms with Crippen LogP contribution in [0.2, 0.25) is 0 Å². The summed E-state index contributed by atoms with van der Waals surface area (Å²) in [5, 5.41) is 6.92. The first kappa shape index (κ1) is 17.0. The van der Waals surface area contributed by atoms with Gasteiger partial charge in [0.1, 0.15) is 6.54 Å². The van der Waals surface area contributed by atoms with Crippen LogP contribution in [0.15, 0.2) is 17.5 Å². The first-order chi connectivity index (χ1) is 9.33. The van der Waals surface area contributed by atoms with Crippen molar-refractivity contribution in [3.8, 4) is 0 Å². The molecule has 7 heteroatoms. The molecule has 0 aliphatic carbocycles. The van der Waals surface area contributed by atoms with E-state index in [1.54, 1.807) is 18.3 Å². The highest BCUT2D eigenvalue weighted by atomic mass is 32.1. The van der Waals surface area contributed by atoms with Crippen LogP contribution in [0.1, 0.15) is 37.6 Å². The summed E-state index contributed by atoms with van der Waals surface area (Å²) >= 11 is 1.57. The van der Waals surface area contributed by atoms with E-state index in [-0.39, 0.29) is 6.04 Å². The summed E-state index contributed by atoms with van der Waals surface area (Å²) in [5.74, 6) is -0.639. The number of halogens is 3. The van der Waals surface area contributed by atoms with Crippen molar-refractivity contribution < 1.29 is 18.0 Å². The second-order valence-corrected chi connectivity index (χ2v) is 5.56. The van der Waals surface area contributed by atoms with Crippen LogP contribution in [0, 0.1) is 0 Å². The Balaban J connectivity index is 2.53. The van der Waals surface area contributed by atoms with Gasteiger partial charge in [0.25, 0.3) is 0 Å². The lowest BCUT2D eigenvalue weighted by atomic mass is 10.1. The van der Waals surface area contributed by atoms with E-state index in [9.17, 15) is 18.0 Å². The summed E-state index contributed by atoms with van der Waals surface area (Å²) < 4.78 is 36.2.